The van der Waals surface area contributed by atoms with Gasteiger partial charge >= 0.3 is 0 Å². The number of ether oxygens (including phenoxy) is 2. The summed E-state index contributed by atoms with van der Waals surface area (Å²) in [6.07, 6.45) is 0.888. The highest BCUT2D eigenvalue weighted by Gasteiger charge is 2.27. The predicted octanol–water partition coefficient (Wildman–Crippen LogP) is 2.22. The number of nitrogens with zero attached hydrogens (tertiary/aromatic N) is 2. The second-order valence-electron chi connectivity index (χ2n) is 5.92. The summed E-state index contributed by atoms with van der Waals surface area (Å²) in [6.45, 7) is 2.23. The van der Waals surface area contributed by atoms with E-state index in [1.54, 1.807) is 13.2 Å². The summed E-state index contributed by atoms with van der Waals surface area (Å²) in [5.74, 6) is 2.00. The standard InChI is InChI=1S/C18H23N3O4.ClH/c1-23-14-5-3-13(4-6-14)16-12-19-9-10-21(16)18(22)8-7-15-11-17(24-2)20-25-15;/h3-6,11,16,19H,7-10,12H2,1-2H3;1H. The molecule has 1 aromatic carbocycles. The van der Waals surface area contributed by atoms with Gasteiger partial charge in [0.1, 0.15) is 11.5 Å². The summed E-state index contributed by atoms with van der Waals surface area (Å²) in [5, 5.41) is 7.12. The molecule has 1 amide bonds. The van der Waals surface area contributed by atoms with Gasteiger partial charge in [-0.15, -0.1) is 12.4 Å². The Balaban J connectivity index is 0.00000243. The number of benzene rings is 1. The average Bonchev–Trinajstić information content (AvgIpc) is 3.14. The maximum absolute atomic E-state index is 12.7. The SMILES string of the molecule is COc1ccc(C2CNCCN2C(=O)CCc2cc(OC)no2)cc1.Cl. The van der Waals surface area contributed by atoms with Crippen molar-refractivity contribution in [3.05, 3.63) is 41.7 Å². The molecule has 1 N–H and O–H groups in total. The first-order valence-corrected chi connectivity index (χ1v) is 8.35. The fraction of sp³-hybridized carbons (Fsp3) is 0.444. The second kappa shape index (κ2) is 9.45. The molecule has 1 unspecified atom stereocenters. The van der Waals surface area contributed by atoms with Crippen molar-refractivity contribution in [1.29, 1.82) is 0 Å². The maximum atomic E-state index is 12.7. The first kappa shape index (κ1) is 20.1. The number of amides is 1. The normalized spacial score (nSPS) is 16.7. The number of hydrogen-bond donors (Lipinski definition) is 1. The molecule has 1 saturated heterocycles. The van der Waals surface area contributed by atoms with Crippen LogP contribution in [0.5, 0.6) is 11.6 Å². The van der Waals surface area contributed by atoms with Crippen LogP contribution in [0.2, 0.25) is 0 Å². The molecule has 142 valence electrons. The third-order valence-electron chi connectivity index (χ3n) is 4.40. The topological polar surface area (TPSA) is 76.8 Å². The molecular formula is C18H24ClN3O4. The zero-order valence-electron chi connectivity index (χ0n) is 14.9. The number of piperazine rings is 1. The van der Waals surface area contributed by atoms with E-state index in [2.05, 4.69) is 10.5 Å². The Morgan fingerprint density at radius 3 is 2.73 bits per heavy atom. The summed E-state index contributed by atoms with van der Waals surface area (Å²) in [4.78, 5) is 14.7. The van der Waals surface area contributed by atoms with Crippen LogP contribution in [-0.4, -0.2) is 49.8 Å². The van der Waals surface area contributed by atoms with Crippen LogP contribution in [0, 0.1) is 0 Å². The fourth-order valence-corrected chi connectivity index (χ4v) is 3.01. The molecule has 1 aliphatic heterocycles. The number of aromatic nitrogens is 1. The highest BCUT2D eigenvalue weighted by molar-refractivity contribution is 5.85. The lowest BCUT2D eigenvalue weighted by atomic mass is 10.0. The van der Waals surface area contributed by atoms with Crippen molar-refractivity contribution in [2.24, 2.45) is 0 Å². The minimum absolute atomic E-state index is 0. The Hall–Kier alpha value is -2.25. The van der Waals surface area contributed by atoms with Gasteiger partial charge < -0.3 is 24.2 Å². The molecule has 0 radical (unpaired) electrons. The number of aryl methyl sites for hydroxylation is 1. The van der Waals surface area contributed by atoms with Crippen LogP contribution in [0.25, 0.3) is 0 Å². The van der Waals surface area contributed by atoms with Crippen molar-refractivity contribution >= 4 is 18.3 Å². The van der Waals surface area contributed by atoms with Crippen LogP contribution >= 0.6 is 12.4 Å². The van der Waals surface area contributed by atoms with E-state index in [0.29, 0.717) is 31.0 Å². The van der Waals surface area contributed by atoms with E-state index in [9.17, 15) is 4.79 Å². The van der Waals surface area contributed by atoms with Crippen molar-refractivity contribution in [3.63, 3.8) is 0 Å². The van der Waals surface area contributed by atoms with Crippen molar-refractivity contribution < 1.29 is 18.8 Å². The number of carbonyl (C=O) groups is 1. The molecule has 8 heteroatoms. The molecular weight excluding hydrogens is 358 g/mol. The summed E-state index contributed by atoms with van der Waals surface area (Å²) in [7, 11) is 3.18. The zero-order chi connectivity index (χ0) is 17.6. The van der Waals surface area contributed by atoms with Gasteiger partial charge in [-0.05, 0) is 22.9 Å². The number of methoxy groups -OCH3 is 2. The highest BCUT2D eigenvalue weighted by atomic mass is 35.5. The van der Waals surface area contributed by atoms with Crippen LogP contribution in [-0.2, 0) is 11.2 Å². The molecule has 2 aromatic rings. The minimum atomic E-state index is 0. The summed E-state index contributed by atoms with van der Waals surface area (Å²) in [6, 6.07) is 9.61. The van der Waals surface area contributed by atoms with Gasteiger partial charge in [0, 0.05) is 38.5 Å². The molecule has 26 heavy (non-hydrogen) atoms. The first-order chi connectivity index (χ1) is 12.2. The Labute approximate surface area is 159 Å². The third kappa shape index (κ3) is 4.68. The number of nitrogens with one attached hydrogen (secondary N) is 1. The smallest absolute Gasteiger partial charge is 0.254 e. The van der Waals surface area contributed by atoms with Crippen LogP contribution in [0.15, 0.2) is 34.9 Å². The Morgan fingerprint density at radius 1 is 1.31 bits per heavy atom. The Morgan fingerprint density at radius 2 is 2.08 bits per heavy atom. The van der Waals surface area contributed by atoms with Crippen molar-refractivity contribution in [2.75, 3.05) is 33.9 Å². The van der Waals surface area contributed by atoms with E-state index >= 15 is 0 Å². The molecule has 0 bridgehead atoms. The van der Waals surface area contributed by atoms with E-state index in [4.69, 9.17) is 14.0 Å². The van der Waals surface area contributed by atoms with Gasteiger partial charge in [0.15, 0.2) is 0 Å². The van der Waals surface area contributed by atoms with Gasteiger partial charge in [0.2, 0.25) is 5.91 Å². The van der Waals surface area contributed by atoms with E-state index in [-0.39, 0.29) is 24.4 Å². The van der Waals surface area contributed by atoms with Gasteiger partial charge in [-0.25, -0.2) is 0 Å². The Kier molecular flexibility index (Phi) is 7.29. The van der Waals surface area contributed by atoms with E-state index in [0.717, 1.165) is 24.4 Å². The van der Waals surface area contributed by atoms with Gasteiger partial charge in [-0.1, -0.05) is 12.1 Å². The third-order valence-corrected chi connectivity index (χ3v) is 4.40. The van der Waals surface area contributed by atoms with E-state index in [1.165, 1.54) is 7.11 Å². The molecule has 0 aliphatic carbocycles. The van der Waals surface area contributed by atoms with Crippen LogP contribution in [0.1, 0.15) is 23.8 Å². The molecule has 1 atom stereocenters. The van der Waals surface area contributed by atoms with Gasteiger partial charge in [0.05, 0.1) is 20.3 Å². The highest BCUT2D eigenvalue weighted by Crippen LogP contribution is 2.25. The van der Waals surface area contributed by atoms with Crippen molar-refractivity contribution in [2.45, 2.75) is 18.9 Å². The zero-order valence-corrected chi connectivity index (χ0v) is 15.8. The molecule has 1 aromatic heterocycles. The molecule has 0 spiro atoms. The lowest BCUT2D eigenvalue weighted by molar-refractivity contribution is -0.134. The van der Waals surface area contributed by atoms with Gasteiger partial charge in [0.25, 0.3) is 5.88 Å². The van der Waals surface area contributed by atoms with Crippen molar-refractivity contribution in [1.82, 2.24) is 15.4 Å². The first-order valence-electron chi connectivity index (χ1n) is 8.35. The predicted molar refractivity (Wildman–Crippen MR) is 98.9 cm³/mol. The molecule has 1 fully saturated rings. The number of rotatable bonds is 6. The molecule has 3 rings (SSSR count). The largest absolute Gasteiger partial charge is 0.497 e. The van der Waals surface area contributed by atoms with Crippen LogP contribution in [0.4, 0.5) is 0 Å². The minimum Gasteiger partial charge on any atom is -0.497 e. The monoisotopic (exact) mass is 381 g/mol. The number of carbonyl (C=O) groups excluding carboxylic acids is 1. The lowest BCUT2D eigenvalue weighted by Gasteiger charge is -2.36. The second-order valence-corrected chi connectivity index (χ2v) is 5.92. The summed E-state index contributed by atoms with van der Waals surface area (Å²) < 4.78 is 15.4. The van der Waals surface area contributed by atoms with Crippen molar-refractivity contribution in [3.8, 4) is 11.6 Å². The van der Waals surface area contributed by atoms with E-state index in [1.807, 2.05) is 29.2 Å². The molecule has 2 heterocycles. The average molecular weight is 382 g/mol. The quantitative estimate of drug-likeness (QED) is 0.826. The number of halogens is 1. The van der Waals surface area contributed by atoms with E-state index < -0.39 is 0 Å². The van der Waals surface area contributed by atoms with Crippen LogP contribution in [0.3, 0.4) is 0 Å². The summed E-state index contributed by atoms with van der Waals surface area (Å²) in [5.41, 5.74) is 1.10. The molecule has 1 aliphatic rings. The van der Waals surface area contributed by atoms with Gasteiger partial charge in [-0.2, -0.15) is 0 Å². The Bertz CT molecular complexity index is 705. The van der Waals surface area contributed by atoms with Crippen LogP contribution < -0.4 is 14.8 Å². The molecule has 0 saturated carbocycles. The van der Waals surface area contributed by atoms with Gasteiger partial charge in [-0.3, -0.25) is 4.79 Å². The maximum Gasteiger partial charge on any atom is 0.254 e. The number of hydrogen-bond acceptors (Lipinski definition) is 6. The fourth-order valence-electron chi connectivity index (χ4n) is 3.01. The molecule has 7 nitrogen and oxygen atoms in total. The lowest BCUT2D eigenvalue weighted by Crippen LogP contribution is -2.48. The summed E-state index contributed by atoms with van der Waals surface area (Å²) >= 11 is 0.